The van der Waals surface area contributed by atoms with Gasteiger partial charge in [0, 0.05) is 42.0 Å². The van der Waals surface area contributed by atoms with Crippen molar-refractivity contribution in [1.29, 1.82) is 0 Å². The lowest BCUT2D eigenvalue weighted by Gasteiger charge is -2.75. The molecule has 0 bridgehead atoms. The molecule has 58 heavy (non-hydrogen) atoms. The molecule has 10 heteroatoms. The van der Waals surface area contributed by atoms with Crippen LogP contribution in [-0.4, -0.2) is 83.8 Å². The molecule has 5 aliphatic rings. The van der Waals surface area contributed by atoms with Crippen LogP contribution < -0.4 is 5.73 Å². The number of hydrogen-bond acceptors (Lipinski definition) is 8. The summed E-state index contributed by atoms with van der Waals surface area (Å²) in [6.07, 6.45) is 6.26. The van der Waals surface area contributed by atoms with Gasteiger partial charge in [-0.2, -0.15) is 0 Å². The number of aliphatic carboxylic acids is 1. The quantitative estimate of drug-likeness (QED) is 0.188. The van der Waals surface area contributed by atoms with Crippen LogP contribution in [0.1, 0.15) is 132 Å². The summed E-state index contributed by atoms with van der Waals surface area (Å²) in [5.74, 6) is -0.715. The van der Waals surface area contributed by atoms with E-state index in [4.69, 9.17) is 22.1 Å². The summed E-state index contributed by atoms with van der Waals surface area (Å²) < 4.78 is 6.17. The molecule has 8 atom stereocenters. The van der Waals surface area contributed by atoms with Crippen molar-refractivity contribution in [3.63, 3.8) is 0 Å². The highest BCUT2D eigenvalue weighted by Crippen LogP contribution is 2.77. The van der Waals surface area contributed by atoms with Crippen molar-refractivity contribution in [2.75, 3.05) is 33.7 Å². The molecule has 0 spiro atoms. The Kier molecular flexibility index (Phi) is 11.9. The Morgan fingerprint density at radius 1 is 0.914 bits per heavy atom. The number of carbonyl (C=O) groups excluding carboxylic acids is 3. The number of carbonyl (C=O) groups is 4. The molecular weight excluding hydrogens is 750 g/mol. The zero-order valence-corrected chi connectivity index (χ0v) is 38.1. The molecule has 0 heterocycles. The second kappa shape index (κ2) is 15.4. The molecule has 1 aromatic carbocycles. The first-order valence-electron chi connectivity index (χ1n) is 21.9. The third-order valence-corrected chi connectivity index (χ3v) is 17.6. The Morgan fingerprint density at radius 2 is 1.55 bits per heavy atom. The highest BCUT2D eigenvalue weighted by atomic mass is 35.5. The largest absolute Gasteiger partial charge is 0.481 e. The number of halogens is 1. The van der Waals surface area contributed by atoms with Crippen LogP contribution in [0, 0.1) is 50.2 Å². The SMILES string of the molecule is CC(C)C1=C2C3CCC4C(C)(CCC5(N)C(C)(C)C(OC(=O)CC(C)(C)C(=O)O)CCC45C)C3(C)CCC2(C(=O)CN(CCN(C)C)Cc2ccc(Cl)cc2)CC1=O. The fourth-order valence-electron chi connectivity index (χ4n) is 13.5. The number of nitrogens with two attached hydrogens (primary N) is 1. The van der Waals surface area contributed by atoms with Crippen molar-refractivity contribution in [2.24, 2.45) is 56.0 Å². The standard InChI is InChI=1S/C48H72ClN3O6/c1-30(2)39-34(53)26-47(36(54)29-52(25-24-51(10)11)28-31-12-14-32(49)15-13-31)22-20-44(7)33(40(39)47)16-17-35-45(44,8)21-23-48(50)43(5,6)37(18-19-46(35,48)9)58-38(55)27-42(3,4)41(56)57/h12-15,30,33,35,37H,16-29,50H2,1-11H3,(H,56,57). The molecule has 4 fully saturated rings. The molecule has 1 aromatic rings. The van der Waals surface area contributed by atoms with Crippen molar-refractivity contribution in [2.45, 2.75) is 145 Å². The summed E-state index contributed by atoms with van der Waals surface area (Å²) >= 11 is 6.23. The van der Waals surface area contributed by atoms with Crippen LogP contribution >= 0.6 is 11.6 Å². The van der Waals surface area contributed by atoms with Crippen LogP contribution in [0.3, 0.4) is 0 Å². The molecule has 4 saturated carbocycles. The first-order chi connectivity index (χ1) is 26.8. The zero-order valence-electron chi connectivity index (χ0n) is 37.4. The van der Waals surface area contributed by atoms with Gasteiger partial charge >= 0.3 is 11.9 Å². The number of carboxylic acid groups (broad SMARTS) is 1. The van der Waals surface area contributed by atoms with E-state index in [1.165, 1.54) is 5.57 Å². The van der Waals surface area contributed by atoms with E-state index in [0.29, 0.717) is 36.9 Å². The van der Waals surface area contributed by atoms with Gasteiger partial charge in [-0.25, -0.2) is 0 Å². The van der Waals surface area contributed by atoms with E-state index >= 15 is 4.79 Å². The fraction of sp³-hybridized carbons (Fsp3) is 0.750. The van der Waals surface area contributed by atoms with Crippen molar-refractivity contribution in [3.8, 4) is 0 Å². The second-order valence-corrected chi connectivity index (χ2v) is 22.2. The highest BCUT2D eigenvalue weighted by Gasteiger charge is 2.74. The molecule has 6 rings (SSSR count). The molecule has 322 valence electrons. The van der Waals surface area contributed by atoms with Crippen molar-refractivity contribution >= 4 is 35.1 Å². The monoisotopic (exact) mass is 822 g/mol. The Balaban J connectivity index is 1.31. The van der Waals surface area contributed by atoms with Gasteiger partial charge in [-0.1, -0.05) is 72.2 Å². The number of Topliss-reactive ketones (excluding diaryl/α,β-unsaturated/α-hetero) is 2. The summed E-state index contributed by atoms with van der Waals surface area (Å²) in [6.45, 7) is 21.5. The molecule has 0 saturated heterocycles. The number of hydrogen-bond donors (Lipinski definition) is 2. The van der Waals surface area contributed by atoms with Gasteiger partial charge in [-0.3, -0.25) is 24.1 Å². The van der Waals surface area contributed by atoms with E-state index in [1.54, 1.807) is 13.8 Å². The minimum atomic E-state index is -1.22. The number of ether oxygens (including phenoxy) is 1. The average molecular weight is 823 g/mol. The number of carboxylic acids is 1. The number of rotatable bonds is 13. The van der Waals surface area contributed by atoms with Crippen LogP contribution in [0.15, 0.2) is 35.4 Å². The molecule has 0 aliphatic heterocycles. The van der Waals surface area contributed by atoms with Gasteiger partial charge in [0.15, 0.2) is 11.6 Å². The van der Waals surface area contributed by atoms with E-state index in [1.807, 2.05) is 24.3 Å². The zero-order chi connectivity index (χ0) is 43.0. The lowest BCUT2D eigenvalue weighted by molar-refractivity contribution is -0.242. The summed E-state index contributed by atoms with van der Waals surface area (Å²) in [5, 5.41) is 10.4. The average Bonchev–Trinajstić information content (AvgIpc) is 3.44. The van der Waals surface area contributed by atoms with Crippen molar-refractivity contribution in [1.82, 2.24) is 9.80 Å². The minimum absolute atomic E-state index is 0.0318. The first kappa shape index (κ1) is 44.9. The number of esters is 1. The van der Waals surface area contributed by atoms with Crippen LogP contribution in [-0.2, 0) is 30.5 Å². The predicted molar refractivity (Wildman–Crippen MR) is 229 cm³/mol. The van der Waals surface area contributed by atoms with Gasteiger partial charge in [0.1, 0.15) is 6.10 Å². The molecule has 3 N–H and O–H groups in total. The molecule has 5 aliphatic carbocycles. The molecule has 0 aromatic heterocycles. The van der Waals surface area contributed by atoms with E-state index in [9.17, 15) is 19.5 Å². The van der Waals surface area contributed by atoms with E-state index in [2.05, 4.69) is 72.4 Å². The van der Waals surface area contributed by atoms with Crippen LogP contribution in [0.2, 0.25) is 5.02 Å². The van der Waals surface area contributed by atoms with Crippen molar-refractivity contribution < 1.29 is 29.0 Å². The predicted octanol–water partition coefficient (Wildman–Crippen LogP) is 8.75. The Hall–Kier alpha value is -2.59. The molecule has 9 nitrogen and oxygen atoms in total. The Labute approximate surface area is 353 Å². The number of fused-ring (bicyclic) bond motifs is 7. The maximum Gasteiger partial charge on any atom is 0.309 e. The number of nitrogens with zero attached hydrogens (tertiary/aromatic N) is 2. The fourth-order valence-corrected chi connectivity index (χ4v) is 13.6. The molecular formula is C48H72ClN3O6. The number of allylic oxidation sites excluding steroid dienone is 2. The summed E-state index contributed by atoms with van der Waals surface area (Å²) in [7, 11) is 4.11. The molecule has 8 unspecified atom stereocenters. The topological polar surface area (TPSA) is 130 Å². The third-order valence-electron chi connectivity index (χ3n) is 17.4. The van der Waals surface area contributed by atoms with E-state index in [0.717, 1.165) is 62.8 Å². The van der Waals surface area contributed by atoms with Gasteiger partial charge in [-0.05, 0) is 142 Å². The minimum Gasteiger partial charge on any atom is -0.481 e. The number of ketones is 2. The van der Waals surface area contributed by atoms with Crippen molar-refractivity contribution in [3.05, 3.63) is 46.0 Å². The third kappa shape index (κ3) is 7.03. The molecule has 0 radical (unpaired) electrons. The van der Waals surface area contributed by atoms with Crippen LogP contribution in [0.5, 0.6) is 0 Å². The number of likely N-dealkylation sites (N-methyl/N-ethyl adjacent to an activating group) is 1. The highest BCUT2D eigenvalue weighted by molar-refractivity contribution is 6.30. The smallest absolute Gasteiger partial charge is 0.309 e. The van der Waals surface area contributed by atoms with Gasteiger partial charge in [0.25, 0.3) is 0 Å². The van der Waals surface area contributed by atoms with Crippen LogP contribution in [0.4, 0.5) is 0 Å². The first-order valence-corrected chi connectivity index (χ1v) is 22.3. The number of benzene rings is 1. The van der Waals surface area contributed by atoms with Crippen LogP contribution in [0.25, 0.3) is 0 Å². The van der Waals surface area contributed by atoms with E-state index < -0.39 is 39.8 Å². The Bertz CT molecular complexity index is 1840. The summed E-state index contributed by atoms with van der Waals surface area (Å²) in [5.41, 5.74) is 7.29. The van der Waals surface area contributed by atoms with Gasteiger partial charge in [-0.15, -0.1) is 0 Å². The lowest BCUT2D eigenvalue weighted by Crippen LogP contribution is -2.77. The lowest BCUT2D eigenvalue weighted by atomic mass is 9.31. The Morgan fingerprint density at radius 3 is 2.16 bits per heavy atom. The normalized spacial score (nSPS) is 35.7. The van der Waals surface area contributed by atoms with Gasteiger partial charge < -0.3 is 20.5 Å². The maximum absolute atomic E-state index is 15.2. The van der Waals surface area contributed by atoms with Gasteiger partial charge in [0.2, 0.25) is 0 Å². The maximum atomic E-state index is 15.2. The molecule has 0 amide bonds. The van der Waals surface area contributed by atoms with E-state index in [-0.39, 0.29) is 52.5 Å². The summed E-state index contributed by atoms with van der Waals surface area (Å²) in [4.78, 5) is 58.9. The second-order valence-electron chi connectivity index (χ2n) is 21.7. The van der Waals surface area contributed by atoms with Gasteiger partial charge in [0.05, 0.1) is 23.8 Å². The summed E-state index contributed by atoms with van der Waals surface area (Å²) in [6, 6.07) is 7.87.